The van der Waals surface area contributed by atoms with Gasteiger partial charge in [-0.2, -0.15) is 0 Å². The molecular weight excluding hydrogens is 346 g/mol. The summed E-state index contributed by atoms with van der Waals surface area (Å²) in [5.41, 5.74) is 0.570. The third-order valence-corrected chi connectivity index (χ3v) is 5.29. The van der Waals surface area contributed by atoms with Crippen LogP contribution in [0.5, 0.6) is 0 Å². The standard InChI is InChI=1S/C20H25N3O2S/c1-4-11-22-19(25)16-7-5-6-8-17(16)21-20(22)26-13-18(24)23(12-14(2)3)15-9-10-15/h4-8,14-15H,1,9-13H2,2-3H3. The average Bonchev–Trinajstić information content (AvgIpc) is 3.45. The summed E-state index contributed by atoms with van der Waals surface area (Å²) in [6.07, 6.45) is 3.87. The number of amides is 1. The van der Waals surface area contributed by atoms with E-state index in [2.05, 4.69) is 25.4 Å². The second-order valence-corrected chi connectivity index (χ2v) is 8.02. The molecule has 1 aromatic heterocycles. The Balaban J connectivity index is 1.83. The maximum atomic E-state index is 12.7. The molecule has 1 aliphatic carbocycles. The van der Waals surface area contributed by atoms with E-state index in [4.69, 9.17) is 0 Å². The van der Waals surface area contributed by atoms with E-state index in [0.29, 0.717) is 40.3 Å². The quantitative estimate of drug-likeness (QED) is 0.406. The molecule has 0 saturated heterocycles. The highest BCUT2D eigenvalue weighted by molar-refractivity contribution is 7.99. The monoisotopic (exact) mass is 371 g/mol. The molecule has 1 amide bonds. The molecule has 1 saturated carbocycles. The first-order valence-corrected chi connectivity index (χ1v) is 10.0. The number of benzene rings is 1. The molecule has 0 unspecified atom stereocenters. The van der Waals surface area contributed by atoms with Crippen LogP contribution in [0.2, 0.25) is 0 Å². The Morgan fingerprint density at radius 3 is 2.81 bits per heavy atom. The van der Waals surface area contributed by atoms with Crippen molar-refractivity contribution in [3.63, 3.8) is 0 Å². The SMILES string of the molecule is C=CCn1c(SCC(=O)N(CC(C)C)C2CC2)nc2ccccc2c1=O. The molecule has 1 aromatic carbocycles. The highest BCUT2D eigenvalue weighted by atomic mass is 32.2. The number of hydrogen-bond donors (Lipinski definition) is 0. The molecule has 0 aliphatic heterocycles. The zero-order valence-corrected chi connectivity index (χ0v) is 16.2. The highest BCUT2D eigenvalue weighted by Gasteiger charge is 2.32. The molecule has 1 fully saturated rings. The topological polar surface area (TPSA) is 55.2 Å². The number of rotatable bonds is 8. The molecule has 0 spiro atoms. The fraction of sp³-hybridized carbons (Fsp3) is 0.450. The number of carbonyl (C=O) groups is 1. The molecule has 26 heavy (non-hydrogen) atoms. The third kappa shape index (κ3) is 4.18. The molecule has 1 heterocycles. The van der Waals surface area contributed by atoms with E-state index in [9.17, 15) is 9.59 Å². The van der Waals surface area contributed by atoms with Gasteiger partial charge in [-0.25, -0.2) is 4.98 Å². The van der Waals surface area contributed by atoms with Crippen molar-refractivity contribution in [2.24, 2.45) is 5.92 Å². The Morgan fingerprint density at radius 1 is 1.42 bits per heavy atom. The average molecular weight is 372 g/mol. The van der Waals surface area contributed by atoms with Crippen molar-refractivity contribution in [1.82, 2.24) is 14.5 Å². The molecular formula is C20H25N3O2S. The van der Waals surface area contributed by atoms with E-state index < -0.39 is 0 Å². The number of fused-ring (bicyclic) bond motifs is 1. The maximum absolute atomic E-state index is 12.7. The van der Waals surface area contributed by atoms with E-state index in [-0.39, 0.29) is 11.5 Å². The molecule has 0 bridgehead atoms. The number of aromatic nitrogens is 2. The predicted octanol–water partition coefficient (Wildman–Crippen LogP) is 3.32. The molecule has 1 aliphatic rings. The second-order valence-electron chi connectivity index (χ2n) is 7.08. The van der Waals surface area contributed by atoms with Gasteiger partial charge in [-0.1, -0.05) is 43.8 Å². The van der Waals surface area contributed by atoms with Gasteiger partial charge in [0.05, 0.1) is 16.7 Å². The lowest BCUT2D eigenvalue weighted by Crippen LogP contribution is -2.37. The summed E-state index contributed by atoms with van der Waals surface area (Å²) in [7, 11) is 0. The number of carbonyl (C=O) groups excluding carboxylic acids is 1. The summed E-state index contributed by atoms with van der Waals surface area (Å²) in [5.74, 6) is 0.867. The van der Waals surface area contributed by atoms with Crippen LogP contribution in [0.25, 0.3) is 10.9 Å². The van der Waals surface area contributed by atoms with Crippen LogP contribution in [0.4, 0.5) is 0 Å². The summed E-state index contributed by atoms with van der Waals surface area (Å²) in [5, 5.41) is 1.16. The number of hydrogen-bond acceptors (Lipinski definition) is 4. The summed E-state index contributed by atoms with van der Waals surface area (Å²) >= 11 is 1.34. The molecule has 3 rings (SSSR count). The minimum absolute atomic E-state index is 0.0910. The van der Waals surface area contributed by atoms with Gasteiger partial charge in [-0.15, -0.1) is 6.58 Å². The summed E-state index contributed by atoms with van der Waals surface area (Å²) in [6, 6.07) is 7.70. The van der Waals surface area contributed by atoms with Crippen LogP contribution in [0.3, 0.4) is 0 Å². The van der Waals surface area contributed by atoms with Crippen LogP contribution in [0.1, 0.15) is 26.7 Å². The van der Waals surface area contributed by atoms with Crippen LogP contribution in [0.15, 0.2) is 46.9 Å². The molecule has 2 aromatic rings. The fourth-order valence-corrected chi connectivity index (χ4v) is 3.89. The number of allylic oxidation sites excluding steroid dienone is 1. The fourth-order valence-electron chi connectivity index (χ4n) is 2.99. The summed E-state index contributed by atoms with van der Waals surface area (Å²) in [4.78, 5) is 32.1. The van der Waals surface area contributed by atoms with Gasteiger partial charge in [0.15, 0.2) is 5.16 Å². The first-order valence-electron chi connectivity index (χ1n) is 9.04. The van der Waals surface area contributed by atoms with Crippen molar-refractivity contribution in [3.05, 3.63) is 47.3 Å². The largest absolute Gasteiger partial charge is 0.339 e. The number of para-hydroxylation sites is 1. The van der Waals surface area contributed by atoms with Crippen molar-refractivity contribution >= 4 is 28.6 Å². The molecule has 0 N–H and O–H groups in total. The minimum Gasteiger partial charge on any atom is -0.339 e. The first-order chi connectivity index (χ1) is 12.5. The lowest BCUT2D eigenvalue weighted by atomic mass is 10.2. The Kier molecular flexibility index (Phi) is 5.81. The lowest BCUT2D eigenvalue weighted by Gasteiger charge is -2.24. The van der Waals surface area contributed by atoms with Gasteiger partial charge in [0, 0.05) is 19.1 Å². The van der Waals surface area contributed by atoms with Crippen LogP contribution in [-0.2, 0) is 11.3 Å². The van der Waals surface area contributed by atoms with Crippen molar-refractivity contribution in [1.29, 1.82) is 0 Å². The third-order valence-electron chi connectivity index (χ3n) is 4.33. The van der Waals surface area contributed by atoms with E-state index >= 15 is 0 Å². The maximum Gasteiger partial charge on any atom is 0.262 e. The zero-order valence-electron chi connectivity index (χ0n) is 15.4. The van der Waals surface area contributed by atoms with Gasteiger partial charge in [0.25, 0.3) is 5.56 Å². The van der Waals surface area contributed by atoms with Crippen molar-refractivity contribution in [2.75, 3.05) is 12.3 Å². The lowest BCUT2D eigenvalue weighted by molar-refractivity contribution is -0.129. The van der Waals surface area contributed by atoms with Crippen molar-refractivity contribution in [2.45, 2.75) is 44.4 Å². The smallest absolute Gasteiger partial charge is 0.262 e. The van der Waals surface area contributed by atoms with Gasteiger partial charge < -0.3 is 4.90 Å². The zero-order chi connectivity index (χ0) is 18.7. The molecule has 138 valence electrons. The van der Waals surface area contributed by atoms with Gasteiger partial charge in [0.1, 0.15) is 0 Å². The molecule has 5 nitrogen and oxygen atoms in total. The predicted molar refractivity (Wildman–Crippen MR) is 106 cm³/mol. The van der Waals surface area contributed by atoms with Gasteiger partial charge in [0.2, 0.25) is 5.91 Å². The Bertz CT molecular complexity index is 871. The highest BCUT2D eigenvalue weighted by Crippen LogP contribution is 2.29. The van der Waals surface area contributed by atoms with E-state index in [1.165, 1.54) is 11.8 Å². The first kappa shape index (κ1) is 18.7. The van der Waals surface area contributed by atoms with Gasteiger partial charge in [-0.3, -0.25) is 14.2 Å². The molecule has 0 radical (unpaired) electrons. The van der Waals surface area contributed by atoms with Crippen LogP contribution in [-0.4, -0.2) is 38.7 Å². The number of thioether (sulfide) groups is 1. The van der Waals surface area contributed by atoms with Crippen LogP contribution >= 0.6 is 11.8 Å². The summed E-state index contributed by atoms with van der Waals surface area (Å²) < 4.78 is 1.59. The Morgan fingerprint density at radius 2 is 2.15 bits per heavy atom. The van der Waals surface area contributed by atoms with Gasteiger partial charge >= 0.3 is 0 Å². The van der Waals surface area contributed by atoms with E-state index in [1.807, 2.05) is 23.1 Å². The normalized spacial score (nSPS) is 14.0. The Hall–Kier alpha value is -2.08. The van der Waals surface area contributed by atoms with Crippen LogP contribution < -0.4 is 5.56 Å². The van der Waals surface area contributed by atoms with Crippen molar-refractivity contribution in [3.8, 4) is 0 Å². The van der Waals surface area contributed by atoms with Crippen molar-refractivity contribution < 1.29 is 4.79 Å². The van der Waals surface area contributed by atoms with Gasteiger partial charge in [-0.05, 0) is 30.9 Å². The Labute approximate surface area is 158 Å². The van der Waals surface area contributed by atoms with E-state index in [0.717, 1.165) is 19.4 Å². The van der Waals surface area contributed by atoms with E-state index in [1.54, 1.807) is 16.7 Å². The molecule has 0 atom stereocenters. The second kappa shape index (κ2) is 8.08. The number of nitrogens with zero attached hydrogens (tertiary/aromatic N) is 3. The van der Waals surface area contributed by atoms with Crippen LogP contribution in [0, 0.1) is 5.92 Å². The minimum atomic E-state index is -0.0910. The molecule has 6 heteroatoms. The summed E-state index contributed by atoms with van der Waals surface area (Å²) in [6.45, 7) is 9.16.